The second-order valence-electron chi connectivity index (χ2n) is 5.85. The largest absolute Gasteiger partial charge is 0.355 e. The second kappa shape index (κ2) is 5.37. The third-order valence-corrected chi connectivity index (χ3v) is 4.56. The van der Waals surface area contributed by atoms with Crippen LogP contribution in [0.5, 0.6) is 0 Å². The van der Waals surface area contributed by atoms with E-state index >= 15 is 0 Å². The summed E-state index contributed by atoms with van der Waals surface area (Å²) in [5.41, 5.74) is 0. The highest BCUT2D eigenvalue weighted by Gasteiger charge is 2.28. The van der Waals surface area contributed by atoms with Gasteiger partial charge in [-0.1, -0.05) is 0 Å². The Bertz CT molecular complexity index is 461. The van der Waals surface area contributed by atoms with Gasteiger partial charge in [0, 0.05) is 31.6 Å². The summed E-state index contributed by atoms with van der Waals surface area (Å²) in [5.74, 6) is 2.67. The van der Waals surface area contributed by atoms with Crippen molar-refractivity contribution >= 4 is 21.7 Å². The van der Waals surface area contributed by atoms with Crippen molar-refractivity contribution in [3.05, 3.63) is 16.5 Å². The van der Waals surface area contributed by atoms with E-state index in [0.717, 1.165) is 22.8 Å². The number of hydrogen-bond donors (Lipinski definition) is 0. The molecular weight excluding hydrogens is 304 g/mol. The number of anilines is 1. The topological polar surface area (TPSA) is 32.3 Å². The molecule has 0 N–H and O–H groups in total. The number of hydrogen-bond acceptors (Lipinski definition) is 4. The predicted molar refractivity (Wildman–Crippen MR) is 80.6 cm³/mol. The maximum Gasteiger partial charge on any atom is 0.135 e. The monoisotopic (exact) mass is 324 g/mol. The minimum absolute atomic E-state index is 0.563. The standard InChI is InChI=1S/C14H21BrN4/c1-18-7-3-4-11(9-18)19(2)13-8-12(15)16-14(17-13)10-5-6-10/h8,10-11H,3-7,9H2,1-2H3. The van der Waals surface area contributed by atoms with Gasteiger partial charge in [-0.15, -0.1) is 0 Å². The van der Waals surface area contributed by atoms with Gasteiger partial charge in [-0.2, -0.15) is 0 Å². The quantitative estimate of drug-likeness (QED) is 0.800. The molecular formula is C14H21BrN4. The predicted octanol–water partition coefficient (Wildman–Crippen LogP) is 2.65. The van der Waals surface area contributed by atoms with Crippen LogP contribution in [0.1, 0.15) is 37.4 Å². The molecule has 2 heterocycles. The Kier molecular flexibility index (Phi) is 3.76. The number of halogens is 1. The minimum Gasteiger partial charge on any atom is -0.355 e. The first kappa shape index (κ1) is 13.3. The zero-order valence-electron chi connectivity index (χ0n) is 11.6. The molecule has 1 aliphatic carbocycles. The molecule has 1 atom stereocenters. The Morgan fingerprint density at radius 1 is 1.32 bits per heavy atom. The molecule has 3 rings (SSSR count). The molecule has 1 unspecified atom stereocenters. The Labute approximate surface area is 123 Å². The molecule has 0 bridgehead atoms. The fourth-order valence-electron chi connectivity index (χ4n) is 2.77. The van der Waals surface area contributed by atoms with E-state index < -0.39 is 0 Å². The van der Waals surface area contributed by atoms with Crippen molar-refractivity contribution in [2.75, 3.05) is 32.1 Å². The van der Waals surface area contributed by atoms with E-state index in [4.69, 9.17) is 4.98 Å². The SMILES string of the molecule is CN1CCCC(N(C)c2cc(Br)nc(C3CC3)n2)C1. The van der Waals surface area contributed by atoms with Crippen LogP contribution in [0.3, 0.4) is 0 Å². The van der Waals surface area contributed by atoms with Crippen LogP contribution in [0, 0.1) is 0 Å². The molecule has 0 radical (unpaired) electrons. The Morgan fingerprint density at radius 3 is 2.79 bits per heavy atom. The van der Waals surface area contributed by atoms with Crippen LogP contribution in [-0.2, 0) is 0 Å². The van der Waals surface area contributed by atoms with Crippen molar-refractivity contribution in [2.24, 2.45) is 0 Å². The van der Waals surface area contributed by atoms with Crippen LogP contribution in [0.2, 0.25) is 0 Å². The number of likely N-dealkylation sites (tertiary alicyclic amines) is 1. The molecule has 104 valence electrons. The molecule has 19 heavy (non-hydrogen) atoms. The van der Waals surface area contributed by atoms with Crippen molar-refractivity contribution in [2.45, 2.75) is 37.6 Å². The van der Waals surface area contributed by atoms with Crippen LogP contribution in [0.15, 0.2) is 10.7 Å². The van der Waals surface area contributed by atoms with Gasteiger partial charge in [0.25, 0.3) is 0 Å². The molecule has 0 spiro atoms. The van der Waals surface area contributed by atoms with E-state index in [1.807, 2.05) is 6.07 Å². The van der Waals surface area contributed by atoms with Gasteiger partial charge >= 0.3 is 0 Å². The van der Waals surface area contributed by atoms with Gasteiger partial charge in [-0.3, -0.25) is 0 Å². The second-order valence-corrected chi connectivity index (χ2v) is 6.66. The average molecular weight is 325 g/mol. The third-order valence-electron chi connectivity index (χ3n) is 4.15. The first-order valence-corrected chi connectivity index (χ1v) is 7.88. The Hall–Kier alpha value is -0.680. The summed E-state index contributed by atoms with van der Waals surface area (Å²) >= 11 is 3.53. The highest BCUT2D eigenvalue weighted by molar-refractivity contribution is 9.10. The van der Waals surface area contributed by atoms with E-state index in [2.05, 4.69) is 44.8 Å². The summed E-state index contributed by atoms with van der Waals surface area (Å²) in [7, 11) is 4.36. The Balaban J connectivity index is 1.80. The lowest BCUT2D eigenvalue weighted by Gasteiger charge is -2.36. The lowest BCUT2D eigenvalue weighted by atomic mass is 10.1. The fraction of sp³-hybridized carbons (Fsp3) is 0.714. The van der Waals surface area contributed by atoms with E-state index in [0.29, 0.717) is 12.0 Å². The normalized spacial score (nSPS) is 24.5. The van der Waals surface area contributed by atoms with Crippen LogP contribution in [0.4, 0.5) is 5.82 Å². The van der Waals surface area contributed by atoms with Crippen molar-refractivity contribution in [1.29, 1.82) is 0 Å². The van der Waals surface area contributed by atoms with Gasteiger partial charge in [0.1, 0.15) is 16.2 Å². The molecule has 1 saturated heterocycles. The van der Waals surface area contributed by atoms with Gasteiger partial charge in [-0.25, -0.2) is 9.97 Å². The summed E-state index contributed by atoms with van der Waals surface area (Å²) in [6.07, 6.45) is 5.01. The molecule has 2 fully saturated rings. The number of aromatic nitrogens is 2. The van der Waals surface area contributed by atoms with E-state index in [-0.39, 0.29) is 0 Å². The maximum absolute atomic E-state index is 4.76. The summed E-state index contributed by atoms with van der Waals surface area (Å²) in [6.45, 7) is 2.34. The molecule has 5 heteroatoms. The molecule has 1 aromatic rings. The number of piperidine rings is 1. The lowest BCUT2D eigenvalue weighted by molar-refractivity contribution is 0.247. The molecule has 1 aliphatic heterocycles. The first-order valence-electron chi connectivity index (χ1n) is 7.09. The molecule has 2 aliphatic rings. The van der Waals surface area contributed by atoms with Crippen LogP contribution in [0.25, 0.3) is 0 Å². The minimum atomic E-state index is 0.563. The maximum atomic E-state index is 4.76. The summed E-state index contributed by atoms with van der Waals surface area (Å²) in [5, 5.41) is 0. The van der Waals surface area contributed by atoms with Crippen LogP contribution in [-0.4, -0.2) is 48.1 Å². The first-order chi connectivity index (χ1) is 9.13. The number of likely N-dealkylation sites (N-methyl/N-ethyl adjacent to an activating group) is 2. The van der Waals surface area contributed by atoms with Crippen molar-refractivity contribution in [1.82, 2.24) is 14.9 Å². The summed E-state index contributed by atoms with van der Waals surface area (Å²) < 4.78 is 0.912. The van der Waals surface area contributed by atoms with Crippen molar-refractivity contribution in [3.8, 4) is 0 Å². The van der Waals surface area contributed by atoms with E-state index in [9.17, 15) is 0 Å². The lowest BCUT2D eigenvalue weighted by Crippen LogP contribution is -2.45. The third kappa shape index (κ3) is 3.08. The number of rotatable bonds is 3. The molecule has 1 saturated carbocycles. The molecule has 1 aromatic heterocycles. The smallest absolute Gasteiger partial charge is 0.135 e. The molecule has 0 aromatic carbocycles. The Morgan fingerprint density at radius 2 is 2.11 bits per heavy atom. The van der Waals surface area contributed by atoms with Crippen molar-refractivity contribution in [3.63, 3.8) is 0 Å². The zero-order valence-corrected chi connectivity index (χ0v) is 13.2. The molecule has 4 nitrogen and oxygen atoms in total. The van der Waals surface area contributed by atoms with Gasteiger partial charge in [0.05, 0.1) is 0 Å². The summed E-state index contributed by atoms with van der Waals surface area (Å²) in [4.78, 5) is 14.0. The average Bonchev–Trinajstić information content (AvgIpc) is 3.21. The van der Waals surface area contributed by atoms with Gasteiger partial charge < -0.3 is 9.80 Å². The zero-order chi connectivity index (χ0) is 13.4. The van der Waals surface area contributed by atoms with Gasteiger partial charge in [0.15, 0.2) is 0 Å². The fourth-order valence-corrected chi connectivity index (χ4v) is 3.16. The van der Waals surface area contributed by atoms with Crippen LogP contribution >= 0.6 is 15.9 Å². The van der Waals surface area contributed by atoms with Gasteiger partial charge in [0.2, 0.25) is 0 Å². The van der Waals surface area contributed by atoms with Crippen molar-refractivity contribution < 1.29 is 0 Å². The summed E-state index contributed by atoms with van der Waals surface area (Å²) in [6, 6.07) is 2.60. The number of nitrogens with zero attached hydrogens (tertiary/aromatic N) is 4. The van der Waals surface area contributed by atoms with Gasteiger partial charge in [-0.05, 0) is 55.2 Å². The van der Waals surface area contributed by atoms with E-state index in [1.165, 1.54) is 32.2 Å². The highest BCUT2D eigenvalue weighted by atomic mass is 79.9. The highest BCUT2D eigenvalue weighted by Crippen LogP contribution is 2.39. The molecule has 0 amide bonds. The van der Waals surface area contributed by atoms with Crippen LogP contribution < -0.4 is 4.90 Å². The van der Waals surface area contributed by atoms with E-state index in [1.54, 1.807) is 0 Å².